The standard InChI is InChI=1S/C13H23NO/c1-5-12(11(3)4)10-13(6-2)15-9-7-8-14/h5-6,10-11H,2,7-9,14H2,1,3-4H3/b12-5+,13-10+. The van der Waals surface area contributed by atoms with Crippen molar-refractivity contribution in [1.82, 2.24) is 0 Å². The molecule has 2 heteroatoms. The predicted octanol–water partition coefficient (Wildman–Crippen LogP) is 3.02. The van der Waals surface area contributed by atoms with Gasteiger partial charge in [0.15, 0.2) is 0 Å². The van der Waals surface area contributed by atoms with Gasteiger partial charge in [-0.25, -0.2) is 0 Å². The predicted molar refractivity (Wildman–Crippen MR) is 66.5 cm³/mol. The fraction of sp³-hybridized carbons (Fsp3) is 0.538. The Balaban J connectivity index is 4.37. The van der Waals surface area contributed by atoms with E-state index in [9.17, 15) is 0 Å². The van der Waals surface area contributed by atoms with E-state index >= 15 is 0 Å². The summed E-state index contributed by atoms with van der Waals surface area (Å²) < 4.78 is 5.54. The van der Waals surface area contributed by atoms with Crippen molar-refractivity contribution in [1.29, 1.82) is 0 Å². The summed E-state index contributed by atoms with van der Waals surface area (Å²) >= 11 is 0. The van der Waals surface area contributed by atoms with Crippen molar-refractivity contribution in [3.8, 4) is 0 Å². The first kappa shape index (κ1) is 14.0. The lowest BCUT2D eigenvalue weighted by molar-refractivity contribution is 0.222. The first-order valence-electron chi connectivity index (χ1n) is 5.48. The van der Waals surface area contributed by atoms with Crippen molar-refractivity contribution in [2.45, 2.75) is 27.2 Å². The maximum Gasteiger partial charge on any atom is 0.118 e. The third-order valence-corrected chi connectivity index (χ3v) is 2.13. The van der Waals surface area contributed by atoms with E-state index in [0.29, 0.717) is 19.1 Å². The van der Waals surface area contributed by atoms with Crippen molar-refractivity contribution in [3.63, 3.8) is 0 Å². The van der Waals surface area contributed by atoms with E-state index in [4.69, 9.17) is 10.5 Å². The van der Waals surface area contributed by atoms with Crippen LogP contribution in [0.5, 0.6) is 0 Å². The van der Waals surface area contributed by atoms with Crippen LogP contribution in [0.1, 0.15) is 27.2 Å². The molecule has 15 heavy (non-hydrogen) atoms. The highest BCUT2D eigenvalue weighted by atomic mass is 16.5. The third kappa shape index (κ3) is 6.13. The molecule has 0 aromatic rings. The van der Waals surface area contributed by atoms with Crippen LogP contribution in [0.15, 0.2) is 36.1 Å². The summed E-state index contributed by atoms with van der Waals surface area (Å²) in [6.07, 6.45) is 6.75. The van der Waals surface area contributed by atoms with Gasteiger partial charge >= 0.3 is 0 Å². The highest BCUT2D eigenvalue weighted by Gasteiger charge is 2.00. The van der Waals surface area contributed by atoms with Gasteiger partial charge in [0.1, 0.15) is 5.76 Å². The van der Waals surface area contributed by atoms with Gasteiger partial charge in [0.25, 0.3) is 0 Å². The lowest BCUT2D eigenvalue weighted by Gasteiger charge is -2.10. The van der Waals surface area contributed by atoms with Crippen LogP contribution in [0.25, 0.3) is 0 Å². The van der Waals surface area contributed by atoms with E-state index in [1.54, 1.807) is 6.08 Å². The number of ether oxygens (including phenoxy) is 1. The molecule has 0 aromatic heterocycles. The zero-order valence-electron chi connectivity index (χ0n) is 10.1. The summed E-state index contributed by atoms with van der Waals surface area (Å²) in [5.41, 5.74) is 6.66. The monoisotopic (exact) mass is 209 g/mol. The molecule has 0 saturated carbocycles. The van der Waals surface area contributed by atoms with Crippen molar-refractivity contribution in [3.05, 3.63) is 36.1 Å². The van der Waals surface area contributed by atoms with Gasteiger partial charge in [0, 0.05) is 0 Å². The van der Waals surface area contributed by atoms with E-state index in [0.717, 1.165) is 12.2 Å². The van der Waals surface area contributed by atoms with Crippen molar-refractivity contribution < 1.29 is 4.74 Å². The third-order valence-electron chi connectivity index (χ3n) is 2.13. The topological polar surface area (TPSA) is 35.2 Å². The maximum atomic E-state index is 5.54. The number of allylic oxidation sites excluding steroid dienone is 4. The molecule has 0 rings (SSSR count). The summed E-state index contributed by atoms with van der Waals surface area (Å²) in [5, 5.41) is 0. The molecule has 0 aromatic carbocycles. The minimum absolute atomic E-state index is 0.503. The van der Waals surface area contributed by atoms with Crippen LogP contribution in [-0.2, 0) is 4.74 Å². The number of hydrogen-bond donors (Lipinski definition) is 1. The average Bonchev–Trinajstić information content (AvgIpc) is 2.22. The van der Waals surface area contributed by atoms with Gasteiger partial charge in [-0.2, -0.15) is 0 Å². The Morgan fingerprint density at radius 1 is 1.47 bits per heavy atom. The maximum absolute atomic E-state index is 5.54. The number of hydrogen-bond acceptors (Lipinski definition) is 2. The molecule has 0 unspecified atom stereocenters. The van der Waals surface area contributed by atoms with E-state index in [2.05, 4.69) is 26.5 Å². The highest BCUT2D eigenvalue weighted by Crippen LogP contribution is 2.14. The Labute approximate surface area is 93.5 Å². The molecule has 0 aliphatic carbocycles. The minimum atomic E-state index is 0.503. The summed E-state index contributed by atoms with van der Waals surface area (Å²) in [6, 6.07) is 0. The van der Waals surface area contributed by atoms with Crippen LogP contribution in [0.2, 0.25) is 0 Å². The van der Waals surface area contributed by atoms with Crippen LogP contribution in [-0.4, -0.2) is 13.2 Å². The van der Waals surface area contributed by atoms with E-state index in [-0.39, 0.29) is 0 Å². The van der Waals surface area contributed by atoms with Gasteiger partial charge in [-0.15, -0.1) is 0 Å². The van der Waals surface area contributed by atoms with Gasteiger partial charge in [-0.05, 0) is 43.5 Å². The molecule has 0 saturated heterocycles. The minimum Gasteiger partial charge on any atom is -0.494 e. The van der Waals surface area contributed by atoms with E-state index in [1.165, 1.54) is 5.57 Å². The second kappa shape index (κ2) is 8.30. The summed E-state index contributed by atoms with van der Waals surface area (Å²) in [6.45, 7) is 11.4. The zero-order valence-corrected chi connectivity index (χ0v) is 10.1. The second-order valence-corrected chi connectivity index (χ2v) is 3.68. The molecule has 2 nitrogen and oxygen atoms in total. The van der Waals surface area contributed by atoms with Crippen molar-refractivity contribution in [2.24, 2.45) is 11.7 Å². The Bertz CT molecular complexity index is 239. The van der Waals surface area contributed by atoms with Crippen LogP contribution in [0, 0.1) is 5.92 Å². The Hall–Kier alpha value is -1.02. The van der Waals surface area contributed by atoms with Crippen LogP contribution >= 0.6 is 0 Å². The average molecular weight is 209 g/mol. The molecule has 0 spiro atoms. The quantitative estimate of drug-likeness (QED) is 0.397. The molecule has 0 heterocycles. The first-order chi connectivity index (χ1) is 7.15. The number of rotatable bonds is 7. The normalized spacial score (nSPS) is 13.1. The molecule has 2 N–H and O–H groups in total. The lowest BCUT2D eigenvalue weighted by Crippen LogP contribution is -2.04. The summed E-state index contributed by atoms with van der Waals surface area (Å²) in [7, 11) is 0. The molecule has 86 valence electrons. The second-order valence-electron chi connectivity index (χ2n) is 3.68. The van der Waals surface area contributed by atoms with Gasteiger partial charge in [0.05, 0.1) is 6.61 Å². The van der Waals surface area contributed by atoms with Crippen LogP contribution < -0.4 is 5.73 Å². The molecule has 0 atom stereocenters. The highest BCUT2D eigenvalue weighted by molar-refractivity contribution is 5.26. The molecule has 0 radical (unpaired) electrons. The Morgan fingerprint density at radius 2 is 2.13 bits per heavy atom. The Morgan fingerprint density at radius 3 is 2.53 bits per heavy atom. The molecule has 0 aliphatic heterocycles. The molecular formula is C13H23NO. The summed E-state index contributed by atoms with van der Waals surface area (Å²) in [4.78, 5) is 0. The number of nitrogens with two attached hydrogens (primary N) is 1. The largest absolute Gasteiger partial charge is 0.494 e. The van der Waals surface area contributed by atoms with E-state index < -0.39 is 0 Å². The lowest BCUT2D eigenvalue weighted by atomic mass is 10.0. The fourth-order valence-corrected chi connectivity index (χ4v) is 1.18. The van der Waals surface area contributed by atoms with Crippen LogP contribution in [0.4, 0.5) is 0 Å². The SMILES string of the molecule is C=C/C(=C\C(=C/C)C(C)C)OCCCN. The summed E-state index contributed by atoms with van der Waals surface area (Å²) in [5.74, 6) is 1.33. The molecular weight excluding hydrogens is 186 g/mol. The zero-order chi connectivity index (χ0) is 11.7. The van der Waals surface area contributed by atoms with Crippen molar-refractivity contribution in [2.75, 3.05) is 13.2 Å². The smallest absolute Gasteiger partial charge is 0.118 e. The van der Waals surface area contributed by atoms with E-state index in [1.807, 2.05) is 13.0 Å². The van der Waals surface area contributed by atoms with Crippen molar-refractivity contribution >= 4 is 0 Å². The fourth-order valence-electron chi connectivity index (χ4n) is 1.18. The molecule has 0 bridgehead atoms. The Kier molecular flexibility index (Phi) is 7.74. The van der Waals surface area contributed by atoms with Gasteiger partial charge in [0.2, 0.25) is 0 Å². The van der Waals surface area contributed by atoms with Crippen LogP contribution in [0.3, 0.4) is 0 Å². The van der Waals surface area contributed by atoms with Gasteiger partial charge in [-0.3, -0.25) is 0 Å². The van der Waals surface area contributed by atoms with Gasteiger partial charge in [-0.1, -0.05) is 26.5 Å². The first-order valence-corrected chi connectivity index (χ1v) is 5.48. The molecule has 0 aliphatic rings. The molecule has 0 amide bonds. The molecule has 0 fully saturated rings. The van der Waals surface area contributed by atoms with Gasteiger partial charge < -0.3 is 10.5 Å².